The van der Waals surface area contributed by atoms with Gasteiger partial charge < -0.3 is 24.3 Å². The lowest BCUT2D eigenvalue weighted by Crippen LogP contribution is -2.51. The molecule has 240 valence electrons. The Hall–Kier alpha value is -2.24. The molecule has 0 rings (SSSR count). The molecule has 0 aromatic carbocycles. The topological polar surface area (TPSA) is 124 Å². The van der Waals surface area contributed by atoms with E-state index in [2.05, 4.69) is 5.32 Å². The SMILES string of the molecule is CCC(CN(CCNCC(=O)OC(C)(C)C)CC(=O)OC(C)(C)C)N(CC(=O)OC(C)(C)C)CC(=O)OC(C)(C)C. The van der Waals surface area contributed by atoms with Crippen LogP contribution >= 0.6 is 0 Å². The number of ether oxygens (including phenoxy) is 4. The zero-order valence-electron chi connectivity index (χ0n) is 27.9. The lowest BCUT2D eigenvalue weighted by Gasteiger charge is -2.35. The summed E-state index contributed by atoms with van der Waals surface area (Å²) in [5.41, 5.74) is -2.60. The smallest absolute Gasteiger partial charge is 0.320 e. The predicted molar refractivity (Wildman–Crippen MR) is 158 cm³/mol. The summed E-state index contributed by atoms with van der Waals surface area (Å²) < 4.78 is 21.9. The Morgan fingerprint density at radius 2 is 0.976 bits per heavy atom. The molecule has 0 spiro atoms. The highest BCUT2D eigenvalue weighted by Gasteiger charge is 2.30. The number of hydrogen-bond acceptors (Lipinski definition) is 11. The predicted octanol–water partition coefficient (Wildman–Crippen LogP) is 3.33. The van der Waals surface area contributed by atoms with Crippen LogP contribution in [0.4, 0.5) is 0 Å². The quantitative estimate of drug-likeness (QED) is 0.172. The second-order valence-electron chi connectivity index (χ2n) is 14.2. The van der Waals surface area contributed by atoms with Crippen molar-refractivity contribution in [2.75, 3.05) is 45.8 Å². The van der Waals surface area contributed by atoms with E-state index in [0.29, 0.717) is 26.1 Å². The van der Waals surface area contributed by atoms with Crippen molar-refractivity contribution in [2.24, 2.45) is 0 Å². The molecule has 11 nitrogen and oxygen atoms in total. The van der Waals surface area contributed by atoms with E-state index in [-0.39, 0.29) is 38.2 Å². The summed E-state index contributed by atoms with van der Waals surface area (Å²) in [6, 6.07) is -0.289. The third kappa shape index (κ3) is 22.1. The van der Waals surface area contributed by atoms with Gasteiger partial charge >= 0.3 is 23.9 Å². The van der Waals surface area contributed by atoms with Crippen LogP contribution in [-0.2, 0) is 38.1 Å². The van der Waals surface area contributed by atoms with E-state index in [1.54, 1.807) is 88.0 Å². The summed E-state index contributed by atoms with van der Waals surface area (Å²) in [4.78, 5) is 54.1. The van der Waals surface area contributed by atoms with Crippen molar-refractivity contribution in [3.05, 3.63) is 0 Å². The van der Waals surface area contributed by atoms with Crippen LogP contribution in [0.3, 0.4) is 0 Å². The molecule has 0 heterocycles. The zero-order chi connectivity index (χ0) is 32.2. The number of nitrogens with zero attached hydrogens (tertiary/aromatic N) is 2. The number of nitrogens with one attached hydrogen (secondary N) is 1. The summed E-state index contributed by atoms with van der Waals surface area (Å²) in [6.07, 6.45) is 0.585. The third-order valence-corrected chi connectivity index (χ3v) is 5.03. The Morgan fingerprint density at radius 1 is 0.610 bits per heavy atom. The first-order chi connectivity index (χ1) is 18.4. The summed E-state index contributed by atoms with van der Waals surface area (Å²) in [6.45, 7) is 24.4. The van der Waals surface area contributed by atoms with Gasteiger partial charge in [0.05, 0.1) is 26.2 Å². The molecule has 1 unspecified atom stereocenters. The molecule has 0 aliphatic carbocycles. The number of hydrogen-bond donors (Lipinski definition) is 1. The molecular formula is C30H57N3O8. The monoisotopic (exact) mass is 587 g/mol. The molecule has 0 aromatic rings. The third-order valence-electron chi connectivity index (χ3n) is 5.03. The molecule has 0 aliphatic rings. The van der Waals surface area contributed by atoms with Crippen molar-refractivity contribution in [1.82, 2.24) is 15.1 Å². The van der Waals surface area contributed by atoms with E-state index < -0.39 is 40.3 Å². The highest BCUT2D eigenvalue weighted by Crippen LogP contribution is 2.15. The van der Waals surface area contributed by atoms with Gasteiger partial charge in [-0.25, -0.2) is 0 Å². The molecule has 0 amide bonds. The van der Waals surface area contributed by atoms with Crippen LogP contribution in [0.1, 0.15) is 96.4 Å². The fourth-order valence-corrected chi connectivity index (χ4v) is 3.79. The molecule has 0 radical (unpaired) electrons. The first kappa shape index (κ1) is 38.8. The highest BCUT2D eigenvalue weighted by atomic mass is 16.6. The van der Waals surface area contributed by atoms with Crippen molar-refractivity contribution in [3.8, 4) is 0 Å². The minimum atomic E-state index is -0.682. The molecule has 0 aliphatic heterocycles. The number of carbonyl (C=O) groups excluding carboxylic acids is 4. The maximum Gasteiger partial charge on any atom is 0.320 e. The largest absolute Gasteiger partial charge is 0.459 e. The standard InChI is InChI=1S/C30H57N3O8/c1-14-22(33(20-25(36)40-29(8,9)10)21-26(37)41-30(11,12)13)18-32(19-24(35)39-28(5,6)7)16-15-31-17-23(34)38-27(2,3)4/h22,31H,14-21H2,1-13H3. The Morgan fingerprint density at radius 3 is 1.34 bits per heavy atom. The van der Waals surface area contributed by atoms with Crippen molar-refractivity contribution in [2.45, 2.75) is 125 Å². The van der Waals surface area contributed by atoms with E-state index in [1.807, 2.05) is 11.8 Å². The van der Waals surface area contributed by atoms with Gasteiger partial charge in [0.25, 0.3) is 0 Å². The van der Waals surface area contributed by atoms with Gasteiger partial charge in [0, 0.05) is 25.7 Å². The Kier molecular flexibility index (Phi) is 15.5. The molecule has 0 saturated heterocycles. The van der Waals surface area contributed by atoms with Gasteiger partial charge in [-0.2, -0.15) is 0 Å². The summed E-state index contributed by atoms with van der Waals surface area (Å²) >= 11 is 0. The molecule has 0 aromatic heterocycles. The minimum absolute atomic E-state index is 0.00535. The molecule has 1 N–H and O–H groups in total. The van der Waals surface area contributed by atoms with Crippen LogP contribution in [0.15, 0.2) is 0 Å². The van der Waals surface area contributed by atoms with Crippen molar-refractivity contribution >= 4 is 23.9 Å². The minimum Gasteiger partial charge on any atom is -0.459 e. The first-order valence-corrected chi connectivity index (χ1v) is 14.4. The highest BCUT2D eigenvalue weighted by molar-refractivity contribution is 5.75. The van der Waals surface area contributed by atoms with Gasteiger partial charge in [0.1, 0.15) is 22.4 Å². The van der Waals surface area contributed by atoms with E-state index >= 15 is 0 Å². The normalized spacial score (nSPS) is 13.6. The summed E-state index contributed by atoms with van der Waals surface area (Å²) in [7, 11) is 0. The van der Waals surface area contributed by atoms with Crippen molar-refractivity contribution in [3.63, 3.8) is 0 Å². The summed E-state index contributed by atoms with van der Waals surface area (Å²) in [5, 5.41) is 3.07. The Bertz CT molecular complexity index is 818. The number of rotatable bonds is 15. The van der Waals surface area contributed by atoms with E-state index in [0.717, 1.165) is 0 Å². The number of esters is 4. The van der Waals surface area contributed by atoms with E-state index in [9.17, 15) is 19.2 Å². The van der Waals surface area contributed by atoms with Gasteiger partial charge in [-0.1, -0.05) is 6.92 Å². The molecule has 0 fully saturated rings. The maximum absolute atomic E-state index is 12.8. The van der Waals surface area contributed by atoms with Gasteiger partial charge in [0.15, 0.2) is 0 Å². The molecule has 0 saturated carbocycles. The van der Waals surface area contributed by atoms with Gasteiger partial charge in [-0.15, -0.1) is 0 Å². The number of carbonyl (C=O) groups is 4. The lowest BCUT2D eigenvalue weighted by atomic mass is 10.1. The molecule has 1 atom stereocenters. The molecule has 11 heteroatoms. The molecule has 41 heavy (non-hydrogen) atoms. The second kappa shape index (κ2) is 16.4. The van der Waals surface area contributed by atoms with Crippen LogP contribution in [-0.4, -0.2) is 108 Å². The Labute approximate surface area is 247 Å². The molecular weight excluding hydrogens is 530 g/mol. The first-order valence-electron chi connectivity index (χ1n) is 14.4. The Balaban J connectivity index is 5.77. The van der Waals surface area contributed by atoms with Crippen LogP contribution in [0.5, 0.6) is 0 Å². The van der Waals surface area contributed by atoms with Crippen LogP contribution in [0.25, 0.3) is 0 Å². The fraction of sp³-hybridized carbons (Fsp3) is 0.867. The fourth-order valence-electron chi connectivity index (χ4n) is 3.79. The van der Waals surface area contributed by atoms with Gasteiger partial charge in [-0.3, -0.25) is 29.0 Å². The van der Waals surface area contributed by atoms with E-state index in [4.69, 9.17) is 18.9 Å². The average Bonchev–Trinajstić information content (AvgIpc) is 2.68. The van der Waals surface area contributed by atoms with Crippen LogP contribution in [0, 0.1) is 0 Å². The average molecular weight is 588 g/mol. The van der Waals surface area contributed by atoms with Crippen LogP contribution < -0.4 is 5.32 Å². The maximum atomic E-state index is 12.8. The van der Waals surface area contributed by atoms with Crippen molar-refractivity contribution < 1.29 is 38.1 Å². The lowest BCUT2D eigenvalue weighted by molar-refractivity contribution is -0.162. The van der Waals surface area contributed by atoms with Gasteiger partial charge in [-0.05, 0) is 89.5 Å². The molecule has 0 bridgehead atoms. The second-order valence-corrected chi connectivity index (χ2v) is 14.2. The summed E-state index contributed by atoms with van der Waals surface area (Å²) in [5.74, 6) is -1.69. The van der Waals surface area contributed by atoms with Crippen LogP contribution in [0.2, 0.25) is 0 Å². The van der Waals surface area contributed by atoms with Crippen molar-refractivity contribution in [1.29, 1.82) is 0 Å². The van der Waals surface area contributed by atoms with Gasteiger partial charge in [0.2, 0.25) is 0 Å². The van der Waals surface area contributed by atoms with E-state index in [1.165, 1.54) is 0 Å². The zero-order valence-corrected chi connectivity index (χ0v) is 27.9.